The van der Waals surface area contributed by atoms with Gasteiger partial charge in [-0.05, 0) is 13.5 Å². The van der Waals surface area contributed by atoms with Gasteiger partial charge >= 0.3 is 11.9 Å². The number of aliphatic carboxylic acids is 1. The highest BCUT2D eigenvalue weighted by Gasteiger charge is 2.28. The van der Waals surface area contributed by atoms with Crippen molar-refractivity contribution in [2.24, 2.45) is 0 Å². The van der Waals surface area contributed by atoms with E-state index in [2.05, 4.69) is 11.8 Å². The number of carboxylic acids is 1. The number of likely N-dealkylation sites (N-methyl/N-ethyl adjacent to an activating group) is 1. The lowest BCUT2D eigenvalue weighted by molar-refractivity contribution is -0.157. The molecule has 14 heavy (non-hydrogen) atoms. The van der Waals surface area contributed by atoms with Crippen molar-refractivity contribution in [3.63, 3.8) is 0 Å². The number of piperazine rings is 1. The summed E-state index contributed by atoms with van der Waals surface area (Å²) in [6, 6.07) is 0.247. The molecule has 0 aromatic rings. The summed E-state index contributed by atoms with van der Waals surface area (Å²) in [5.41, 5.74) is 0. The summed E-state index contributed by atoms with van der Waals surface area (Å²) in [7, 11) is 0. The predicted octanol–water partition coefficient (Wildman–Crippen LogP) is -0.376. The molecule has 0 aliphatic carbocycles. The zero-order valence-corrected chi connectivity index (χ0v) is 8.56. The van der Waals surface area contributed by atoms with Gasteiger partial charge in [-0.15, -0.1) is 0 Å². The number of carboxylic acid groups (broad SMARTS) is 1. The minimum atomic E-state index is -1.36. The number of carbonyl (C=O) groups is 2. The summed E-state index contributed by atoms with van der Waals surface area (Å²) in [6.07, 6.45) is 0. The van der Waals surface area contributed by atoms with Crippen LogP contribution in [-0.4, -0.2) is 59.0 Å². The Balaban J connectivity index is 2.54. The first kappa shape index (κ1) is 11.0. The molecule has 0 aromatic carbocycles. The van der Waals surface area contributed by atoms with Crippen LogP contribution in [0.4, 0.5) is 0 Å². The number of hydrogen-bond acceptors (Lipinski definition) is 3. The van der Waals surface area contributed by atoms with Gasteiger partial charge < -0.3 is 10.0 Å². The molecule has 1 heterocycles. The Morgan fingerprint density at radius 3 is 2.50 bits per heavy atom. The van der Waals surface area contributed by atoms with Crippen LogP contribution in [-0.2, 0) is 9.59 Å². The van der Waals surface area contributed by atoms with Gasteiger partial charge in [0.15, 0.2) is 0 Å². The van der Waals surface area contributed by atoms with E-state index in [1.165, 1.54) is 4.90 Å². The molecular formula is C9H16N2O3. The normalized spacial score (nSPS) is 23.6. The van der Waals surface area contributed by atoms with Gasteiger partial charge in [0.2, 0.25) is 0 Å². The molecule has 1 N–H and O–H groups in total. The highest BCUT2D eigenvalue weighted by atomic mass is 16.4. The smallest absolute Gasteiger partial charge is 0.394 e. The van der Waals surface area contributed by atoms with Gasteiger partial charge in [-0.2, -0.15) is 0 Å². The molecule has 0 aromatic heterocycles. The summed E-state index contributed by atoms with van der Waals surface area (Å²) in [6.45, 7) is 6.80. The average Bonchev–Trinajstić information content (AvgIpc) is 2.16. The minimum absolute atomic E-state index is 0.247. The maximum Gasteiger partial charge on any atom is 0.394 e. The van der Waals surface area contributed by atoms with Gasteiger partial charge in [-0.3, -0.25) is 9.69 Å². The summed E-state index contributed by atoms with van der Waals surface area (Å²) >= 11 is 0. The lowest BCUT2D eigenvalue weighted by atomic mass is 10.2. The van der Waals surface area contributed by atoms with Crippen LogP contribution in [0.25, 0.3) is 0 Å². The van der Waals surface area contributed by atoms with Crippen LogP contribution < -0.4 is 0 Å². The Morgan fingerprint density at radius 1 is 1.43 bits per heavy atom. The topological polar surface area (TPSA) is 60.9 Å². The zero-order valence-electron chi connectivity index (χ0n) is 8.56. The number of amides is 1. The van der Waals surface area contributed by atoms with Gasteiger partial charge in [0.25, 0.3) is 0 Å². The van der Waals surface area contributed by atoms with Crippen molar-refractivity contribution in [1.82, 2.24) is 9.80 Å². The van der Waals surface area contributed by atoms with E-state index in [1.54, 1.807) is 0 Å². The summed E-state index contributed by atoms with van der Waals surface area (Å²) < 4.78 is 0. The van der Waals surface area contributed by atoms with E-state index in [1.807, 2.05) is 6.92 Å². The Hall–Kier alpha value is -1.10. The first-order chi connectivity index (χ1) is 6.56. The Labute approximate surface area is 83.3 Å². The van der Waals surface area contributed by atoms with Crippen molar-refractivity contribution in [3.05, 3.63) is 0 Å². The lowest BCUT2D eigenvalue weighted by Crippen LogP contribution is -2.54. The second kappa shape index (κ2) is 4.41. The van der Waals surface area contributed by atoms with Crippen LogP contribution >= 0.6 is 0 Å². The van der Waals surface area contributed by atoms with Crippen molar-refractivity contribution in [2.75, 3.05) is 26.2 Å². The minimum Gasteiger partial charge on any atom is -0.474 e. The van der Waals surface area contributed by atoms with Gasteiger partial charge in [0.05, 0.1) is 0 Å². The average molecular weight is 200 g/mol. The fourth-order valence-corrected chi connectivity index (χ4v) is 1.78. The maximum atomic E-state index is 11.1. The molecule has 1 saturated heterocycles. The van der Waals surface area contributed by atoms with Crippen LogP contribution in [0.1, 0.15) is 13.8 Å². The van der Waals surface area contributed by atoms with Crippen LogP contribution in [0.3, 0.4) is 0 Å². The Morgan fingerprint density at radius 2 is 2.07 bits per heavy atom. The van der Waals surface area contributed by atoms with Gasteiger partial charge in [0.1, 0.15) is 0 Å². The maximum absolute atomic E-state index is 11.1. The summed E-state index contributed by atoms with van der Waals surface area (Å²) in [5, 5.41) is 8.54. The summed E-state index contributed by atoms with van der Waals surface area (Å²) in [4.78, 5) is 25.2. The van der Waals surface area contributed by atoms with Gasteiger partial charge in [0, 0.05) is 25.7 Å². The van der Waals surface area contributed by atoms with E-state index in [0.29, 0.717) is 13.1 Å². The van der Waals surface area contributed by atoms with E-state index in [0.717, 1.165) is 13.1 Å². The number of rotatable bonds is 1. The van der Waals surface area contributed by atoms with E-state index in [4.69, 9.17) is 5.11 Å². The SMILES string of the molecule is CCN1CCN(C(=O)C(=O)O)CC1C. The molecule has 0 spiro atoms. The van der Waals surface area contributed by atoms with Gasteiger partial charge in [-0.25, -0.2) is 4.79 Å². The predicted molar refractivity (Wildman–Crippen MR) is 50.9 cm³/mol. The third kappa shape index (κ3) is 2.23. The molecule has 80 valence electrons. The molecule has 1 aliphatic heterocycles. The molecule has 1 fully saturated rings. The first-order valence-electron chi connectivity index (χ1n) is 4.82. The van der Waals surface area contributed by atoms with Crippen LogP contribution in [0.15, 0.2) is 0 Å². The second-order valence-corrected chi connectivity index (χ2v) is 3.53. The van der Waals surface area contributed by atoms with E-state index in [9.17, 15) is 9.59 Å². The quantitative estimate of drug-likeness (QED) is 0.586. The molecule has 5 heteroatoms. The lowest BCUT2D eigenvalue weighted by Gasteiger charge is -2.38. The Kier molecular flexibility index (Phi) is 3.46. The molecule has 1 atom stereocenters. The molecule has 0 bridgehead atoms. The van der Waals surface area contributed by atoms with Crippen LogP contribution in [0.2, 0.25) is 0 Å². The van der Waals surface area contributed by atoms with Crippen molar-refractivity contribution in [2.45, 2.75) is 19.9 Å². The molecule has 1 aliphatic rings. The molecule has 1 amide bonds. The third-order valence-electron chi connectivity index (χ3n) is 2.64. The highest BCUT2D eigenvalue weighted by Crippen LogP contribution is 2.08. The molecule has 1 unspecified atom stereocenters. The molecule has 1 rings (SSSR count). The molecule has 0 radical (unpaired) electrons. The number of hydrogen-bond donors (Lipinski definition) is 1. The molecular weight excluding hydrogens is 184 g/mol. The second-order valence-electron chi connectivity index (χ2n) is 3.53. The van der Waals surface area contributed by atoms with E-state index < -0.39 is 11.9 Å². The van der Waals surface area contributed by atoms with Crippen LogP contribution in [0, 0.1) is 0 Å². The largest absolute Gasteiger partial charge is 0.474 e. The third-order valence-corrected chi connectivity index (χ3v) is 2.64. The van der Waals surface area contributed by atoms with E-state index in [-0.39, 0.29) is 6.04 Å². The van der Waals surface area contributed by atoms with E-state index >= 15 is 0 Å². The van der Waals surface area contributed by atoms with Gasteiger partial charge in [-0.1, -0.05) is 6.92 Å². The highest BCUT2D eigenvalue weighted by molar-refractivity contribution is 6.31. The number of carbonyl (C=O) groups excluding carboxylic acids is 1. The fraction of sp³-hybridized carbons (Fsp3) is 0.778. The van der Waals surface area contributed by atoms with Crippen molar-refractivity contribution < 1.29 is 14.7 Å². The standard InChI is InChI=1S/C9H16N2O3/c1-3-10-4-5-11(6-7(10)2)8(12)9(13)14/h7H,3-6H2,1-2H3,(H,13,14). The summed E-state index contributed by atoms with van der Waals surface area (Å²) in [5.74, 6) is -2.14. The molecule has 5 nitrogen and oxygen atoms in total. The van der Waals surface area contributed by atoms with Crippen molar-refractivity contribution in [1.29, 1.82) is 0 Å². The molecule has 0 saturated carbocycles. The zero-order chi connectivity index (χ0) is 10.7. The van der Waals surface area contributed by atoms with Crippen molar-refractivity contribution >= 4 is 11.9 Å². The fourth-order valence-electron chi connectivity index (χ4n) is 1.78. The van der Waals surface area contributed by atoms with Crippen molar-refractivity contribution in [3.8, 4) is 0 Å². The first-order valence-corrected chi connectivity index (χ1v) is 4.82. The Bertz CT molecular complexity index is 242. The number of nitrogens with zero attached hydrogens (tertiary/aromatic N) is 2. The monoisotopic (exact) mass is 200 g/mol. The van der Waals surface area contributed by atoms with Crippen LogP contribution in [0.5, 0.6) is 0 Å².